The summed E-state index contributed by atoms with van der Waals surface area (Å²) < 4.78 is 4.74. The number of carbonyl (C=O) groups excluding carboxylic acids is 2. The first-order chi connectivity index (χ1) is 8.06. The summed E-state index contributed by atoms with van der Waals surface area (Å²) in [5, 5.41) is 9.69. The average Bonchev–Trinajstić information content (AvgIpc) is 2.59. The molecule has 98 valence electrons. The molecule has 2 unspecified atom stereocenters. The molecule has 0 aromatic carbocycles. The lowest BCUT2D eigenvalue weighted by Gasteiger charge is -2.19. The maximum Gasteiger partial charge on any atom is 0.308 e. The fourth-order valence-corrected chi connectivity index (χ4v) is 2.04. The number of β-amino-alcohol motifs (C(OH)–C–C–N with tert-alkyl or cyclic N) is 1. The Kier molecular flexibility index (Phi) is 5.41. The molecule has 0 radical (unpaired) electrons. The van der Waals surface area contributed by atoms with Crippen LogP contribution in [0, 0.1) is 5.92 Å². The summed E-state index contributed by atoms with van der Waals surface area (Å²) in [6, 6.07) is 0. The topological polar surface area (TPSA) is 66.8 Å². The molecule has 0 aliphatic carbocycles. The Labute approximate surface area is 102 Å². The van der Waals surface area contributed by atoms with Crippen LogP contribution in [0.4, 0.5) is 0 Å². The predicted octanol–water partition coefficient (Wildman–Crippen LogP) is 0.559. The molecule has 1 amide bonds. The van der Waals surface area contributed by atoms with Crippen LogP contribution < -0.4 is 0 Å². The first-order valence-corrected chi connectivity index (χ1v) is 6.18. The van der Waals surface area contributed by atoms with Crippen molar-refractivity contribution in [1.29, 1.82) is 0 Å². The Morgan fingerprint density at radius 1 is 1.59 bits per heavy atom. The van der Waals surface area contributed by atoms with E-state index >= 15 is 0 Å². The minimum absolute atomic E-state index is 0.0472. The van der Waals surface area contributed by atoms with Crippen molar-refractivity contribution in [3.8, 4) is 0 Å². The molecule has 1 heterocycles. The van der Waals surface area contributed by atoms with Gasteiger partial charge in [0.1, 0.15) is 0 Å². The predicted molar refractivity (Wildman–Crippen MR) is 62.2 cm³/mol. The number of esters is 1. The van der Waals surface area contributed by atoms with E-state index in [1.165, 1.54) is 0 Å². The van der Waals surface area contributed by atoms with Crippen molar-refractivity contribution in [3.63, 3.8) is 0 Å². The maximum absolute atomic E-state index is 11.6. The summed E-state index contributed by atoms with van der Waals surface area (Å²) >= 11 is 0. The molecule has 1 saturated heterocycles. The van der Waals surface area contributed by atoms with Gasteiger partial charge in [-0.3, -0.25) is 9.59 Å². The van der Waals surface area contributed by atoms with Crippen LogP contribution in [0.3, 0.4) is 0 Å². The number of likely N-dealkylation sites (tertiary alicyclic amines) is 1. The van der Waals surface area contributed by atoms with Gasteiger partial charge in [0.15, 0.2) is 0 Å². The second-order valence-corrected chi connectivity index (χ2v) is 4.44. The zero-order chi connectivity index (χ0) is 12.8. The number of nitrogens with zero attached hydrogens (tertiary/aromatic N) is 1. The molecule has 1 aliphatic heterocycles. The molecule has 0 aromatic heterocycles. The van der Waals surface area contributed by atoms with Gasteiger partial charge in [-0.2, -0.15) is 0 Å². The van der Waals surface area contributed by atoms with Crippen LogP contribution in [0.15, 0.2) is 0 Å². The average molecular weight is 243 g/mol. The zero-order valence-corrected chi connectivity index (χ0v) is 10.5. The molecular weight excluding hydrogens is 222 g/mol. The number of rotatable bonds is 6. The van der Waals surface area contributed by atoms with Gasteiger partial charge in [0.05, 0.1) is 19.1 Å². The van der Waals surface area contributed by atoms with Crippen molar-refractivity contribution < 1.29 is 19.4 Å². The second kappa shape index (κ2) is 6.59. The molecule has 1 fully saturated rings. The lowest BCUT2D eigenvalue weighted by atomic mass is 10.1. The molecule has 1 aliphatic rings. The van der Waals surface area contributed by atoms with Crippen LogP contribution >= 0.6 is 0 Å². The quantitative estimate of drug-likeness (QED) is 0.692. The van der Waals surface area contributed by atoms with Gasteiger partial charge in [-0.15, -0.1) is 0 Å². The number of ether oxygens (including phenoxy) is 1. The number of aliphatic hydroxyl groups is 1. The third-order valence-corrected chi connectivity index (χ3v) is 3.01. The van der Waals surface area contributed by atoms with Gasteiger partial charge in [0.25, 0.3) is 0 Å². The largest absolute Gasteiger partial charge is 0.466 e. The summed E-state index contributed by atoms with van der Waals surface area (Å²) in [6.07, 6.45) is 0.654. The van der Waals surface area contributed by atoms with Crippen LogP contribution in [0.5, 0.6) is 0 Å². The van der Waals surface area contributed by atoms with Crippen molar-refractivity contribution in [2.75, 3.05) is 19.7 Å². The number of hydrogen-bond donors (Lipinski definition) is 1. The summed E-state index contributed by atoms with van der Waals surface area (Å²) in [5.74, 6) is 0.0377. The highest BCUT2D eigenvalue weighted by atomic mass is 16.5. The first-order valence-electron chi connectivity index (χ1n) is 6.18. The Bertz CT molecular complexity index is 280. The third-order valence-electron chi connectivity index (χ3n) is 3.01. The van der Waals surface area contributed by atoms with E-state index in [9.17, 15) is 14.7 Å². The Morgan fingerprint density at radius 2 is 2.29 bits per heavy atom. The first kappa shape index (κ1) is 14.0. The molecule has 0 saturated carbocycles. The monoisotopic (exact) mass is 243 g/mol. The van der Waals surface area contributed by atoms with Gasteiger partial charge < -0.3 is 14.7 Å². The fourth-order valence-electron chi connectivity index (χ4n) is 2.04. The highest BCUT2D eigenvalue weighted by Gasteiger charge is 2.29. The normalized spacial score (nSPS) is 21.7. The highest BCUT2D eigenvalue weighted by Crippen LogP contribution is 2.20. The molecule has 17 heavy (non-hydrogen) atoms. The van der Waals surface area contributed by atoms with Crippen LogP contribution in [-0.4, -0.2) is 47.7 Å². The minimum atomic E-state index is -0.825. The van der Waals surface area contributed by atoms with Gasteiger partial charge in [-0.05, 0) is 12.8 Å². The summed E-state index contributed by atoms with van der Waals surface area (Å²) in [4.78, 5) is 24.4. The van der Waals surface area contributed by atoms with Crippen molar-refractivity contribution in [2.24, 2.45) is 5.92 Å². The third kappa shape index (κ3) is 4.34. The van der Waals surface area contributed by atoms with Crippen LogP contribution in [0.2, 0.25) is 0 Å². The fraction of sp³-hybridized carbons (Fsp3) is 0.833. The van der Waals surface area contributed by atoms with Crippen molar-refractivity contribution in [1.82, 2.24) is 4.90 Å². The van der Waals surface area contributed by atoms with Crippen LogP contribution in [0.1, 0.15) is 33.1 Å². The molecule has 1 N–H and O–H groups in total. The Morgan fingerprint density at radius 3 is 2.82 bits per heavy atom. The van der Waals surface area contributed by atoms with E-state index in [-0.39, 0.29) is 18.9 Å². The summed E-state index contributed by atoms with van der Waals surface area (Å²) in [6.45, 7) is 5.01. The molecule has 5 nitrogen and oxygen atoms in total. The minimum Gasteiger partial charge on any atom is -0.466 e. The van der Waals surface area contributed by atoms with Gasteiger partial charge in [-0.1, -0.05) is 13.3 Å². The zero-order valence-electron chi connectivity index (χ0n) is 10.5. The number of amides is 1. The molecular formula is C12H21NO4. The molecule has 0 bridgehead atoms. The number of hydrogen-bond acceptors (Lipinski definition) is 4. The van der Waals surface area contributed by atoms with Gasteiger partial charge in [-0.25, -0.2) is 0 Å². The van der Waals surface area contributed by atoms with Crippen LogP contribution in [-0.2, 0) is 14.3 Å². The van der Waals surface area contributed by atoms with E-state index in [0.29, 0.717) is 25.5 Å². The van der Waals surface area contributed by atoms with Crippen molar-refractivity contribution >= 4 is 11.9 Å². The van der Waals surface area contributed by atoms with Gasteiger partial charge in [0, 0.05) is 19.5 Å². The molecule has 1 rings (SSSR count). The maximum atomic E-state index is 11.6. The van der Waals surface area contributed by atoms with Gasteiger partial charge in [0.2, 0.25) is 5.91 Å². The van der Waals surface area contributed by atoms with Crippen molar-refractivity contribution in [3.05, 3.63) is 0 Å². The molecule has 2 atom stereocenters. The standard InChI is InChI=1S/C12H21NO4/c1-3-9-5-11(15)13(7-9)8-10(14)6-12(16)17-4-2/h9-10,14H,3-8H2,1-2H3. The van der Waals surface area contributed by atoms with Crippen LogP contribution in [0.25, 0.3) is 0 Å². The van der Waals surface area contributed by atoms with E-state index < -0.39 is 12.1 Å². The molecule has 0 spiro atoms. The van der Waals surface area contributed by atoms with Gasteiger partial charge >= 0.3 is 5.97 Å². The highest BCUT2D eigenvalue weighted by molar-refractivity contribution is 5.78. The lowest BCUT2D eigenvalue weighted by molar-refractivity contribution is -0.146. The smallest absolute Gasteiger partial charge is 0.308 e. The number of aliphatic hydroxyl groups excluding tert-OH is 1. The Hall–Kier alpha value is -1.10. The Balaban J connectivity index is 2.33. The van der Waals surface area contributed by atoms with E-state index in [1.54, 1.807) is 11.8 Å². The summed E-state index contributed by atoms with van der Waals surface area (Å²) in [7, 11) is 0. The van der Waals surface area contributed by atoms with E-state index in [1.807, 2.05) is 0 Å². The SMILES string of the molecule is CCOC(=O)CC(O)CN1CC(CC)CC1=O. The van der Waals surface area contributed by atoms with E-state index in [0.717, 1.165) is 6.42 Å². The number of carbonyl (C=O) groups is 2. The molecule has 5 heteroatoms. The second-order valence-electron chi connectivity index (χ2n) is 4.44. The van der Waals surface area contributed by atoms with E-state index in [2.05, 4.69) is 6.92 Å². The van der Waals surface area contributed by atoms with E-state index in [4.69, 9.17) is 4.74 Å². The molecule has 0 aromatic rings. The lowest BCUT2D eigenvalue weighted by Crippen LogP contribution is -2.35. The van der Waals surface area contributed by atoms with Crippen molar-refractivity contribution in [2.45, 2.75) is 39.2 Å². The summed E-state index contributed by atoms with van der Waals surface area (Å²) in [5.41, 5.74) is 0.